The Balaban J connectivity index is 1.88. The second-order valence-corrected chi connectivity index (χ2v) is 5.23. The minimum Gasteiger partial charge on any atom is -0.299 e. The lowest BCUT2D eigenvalue weighted by atomic mass is 9.90. The lowest BCUT2D eigenvalue weighted by Crippen LogP contribution is -2.47. The molecule has 88 valence electrons. The number of nitrogens with zero attached hydrogens (tertiary/aromatic N) is 2. The number of likely N-dealkylation sites (tertiary alicyclic amines) is 1. The van der Waals surface area contributed by atoms with E-state index in [0.29, 0.717) is 18.2 Å². The predicted molar refractivity (Wildman–Crippen MR) is 65.6 cm³/mol. The summed E-state index contributed by atoms with van der Waals surface area (Å²) in [4.78, 5) is 18.2. The van der Waals surface area contributed by atoms with Crippen LogP contribution in [0.5, 0.6) is 0 Å². The van der Waals surface area contributed by atoms with Crippen molar-refractivity contribution in [2.45, 2.75) is 32.7 Å². The Kier molecular flexibility index (Phi) is 3.71. The van der Waals surface area contributed by atoms with E-state index in [4.69, 9.17) is 0 Å². The van der Waals surface area contributed by atoms with Crippen LogP contribution in [0.2, 0.25) is 0 Å². The van der Waals surface area contributed by atoms with Crippen LogP contribution in [-0.4, -0.2) is 34.8 Å². The Labute approximate surface area is 100 Å². The van der Waals surface area contributed by atoms with Crippen LogP contribution in [0.4, 0.5) is 0 Å². The fourth-order valence-corrected chi connectivity index (χ4v) is 2.80. The molecule has 16 heavy (non-hydrogen) atoms. The van der Waals surface area contributed by atoms with Crippen LogP contribution in [0.15, 0.2) is 10.9 Å². The van der Waals surface area contributed by atoms with Gasteiger partial charge in [0.2, 0.25) is 0 Å². The zero-order chi connectivity index (χ0) is 11.5. The summed E-state index contributed by atoms with van der Waals surface area (Å²) in [6, 6.07) is 0.375. The van der Waals surface area contributed by atoms with Gasteiger partial charge >= 0.3 is 0 Å². The van der Waals surface area contributed by atoms with Gasteiger partial charge in [0.25, 0.3) is 0 Å². The molecule has 0 bridgehead atoms. The summed E-state index contributed by atoms with van der Waals surface area (Å²) in [5.41, 5.74) is 3.04. The highest BCUT2D eigenvalue weighted by molar-refractivity contribution is 7.07. The molecule has 1 fully saturated rings. The molecular formula is C12H18N2OS. The maximum absolute atomic E-state index is 11.5. The summed E-state index contributed by atoms with van der Waals surface area (Å²) in [7, 11) is 0. The first-order valence-electron chi connectivity index (χ1n) is 5.82. The summed E-state index contributed by atoms with van der Waals surface area (Å²) in [6.45, 7) is 6.13. The minimum absolute atomic E-state index is 0.184. The molecule has 4 heteroatoms. The van der Waals surface area contributed by atoms with E-state index < -0.39 is 0 Å². The Morgan fingerprint density at radius 3 is 3.06 bits per heavy atom. The first-order chi connectivity index (χ1) is 7.68. The van der Waals surface area contributed by atoms with Gasteiger partial charge in [-0.15, -0.1) is 11.3 Å². The molecule has 1 aromatic rings. The van der Waals surface area contributed by atoms with E-state index in [1.165, 1.54) is 5.69 Å². The molecule has 0 amide bonds. The molecule has 3 nitrogen and oxygen atoms in total. The van der Waals surface area contributed by atoms with Gasteiger partial charge in [-0.1, -0.05) is 6.92 Å². The number of ketones is 1. The number of hydrogen-bond acceptors (Lipinski definition) is 4. The van der Waals surface area contributed by atoms with Gasteiger partial charge in [0, 0.05) is 43.3 Å². The van der Waals surface area contributed by atoms with Crippen LogP contribution in [0.1, 0.15) is 26.0 Å². The highest BCUT2D eigenvalue weighted by Gasteiger charge is 2.30. The van der Waals surface area contributed by atoms with Gasteiger partial charge in [0.15, 0.2) is 0 Å². The van der Waals surface area contributed by atoms with E-state index in [0.717, 1.165) is 19.5 Å². The summed E-state index contributed by atoms with van der Waals surface area (Å²) >= 11 is 1.64. The van der Waals surface area contributed by atoms with Crippen molar-refractivity contribution in [2.75, 3.05) is 13.1 Å². The van der Waals surface area contributed by atoms with Crippen LogP contribution in [0.25, 0.3) is 0 Å². The van der Waals surface area contributed by atoms with E-state index in [1.807, 2.05) is 12.4 Å². The average Bonchev–Trinajstić information content (AvgIpc) is 2.78. The van der Waals surface area contributed by atoms with Crippen molar-refractivity contribution >= 4 is 17.1 Å². The summed E-state index contributed by atoms with van der Waals surface area (Å²) < 4.78 is 0. The molecule has 1 aliphatic heterocycles. The Hall–Kier alpha value is -0.740. The quantitative estimate of drug-likeness (QED) is 0.807. The van der Waals surface area contributed by atoms with Gasteiger partial charge in [0.1, 0.15) is 5.78 Å². The first-order valence-corrected chi connectivity index (χ1v) is 6.76. The fourth-order valence-electron chi connectivity index (χ4n) is 2.20. The van der Waals surface area contributed by atoms with Crippen LogP contribution in [-0.2, 0) is 11.2 Å². The van der Waals surface area contributed by atoms with Crippen LogP contribution < -0.4 is 0 Å². The number of rotatable bonds is 3. The van der Waals surface area contributed by atoms with E-state index in [2.05, 4.69) is 22.2 Å². The minimum atomic E-state index is 0.184. The summed E-state index contributed by atoms with van der Waals surface area (Å²) in [6.07, 6.45) is 1.71. The van der Waals surface area contributed by atoms with E-state index in [-0.39, 0.29) is 5.92 Å². The number of thiazole rings is 1. The van der Waals surface area contributed by atoms with Crippen molar-refractivity contribution in [1.29, 1.82) is 0 Å². The van der Waals surface area contributed by atoms with E-state index >= 15 is 0 Å². The predicted octanol–water partition coefficient (Wildman–Crippen LogP) is 1.99. The normalized spacial score (nSPS) is 27.2. The van der Waals surface area contributed by atoms with Gasteiger partial charge in [-0.05, 0) is 6.92 Å². The van der Waals surface area contributed by atoms with Gasteiger partial charge in [-0.2, -0.15) is 0 Å². The maximum atomic E-state index is 11.5. The summed E-state index contributed by atoms with van der Waals surface area (Å²) in [5.74, 6) is 0.599. The zero-order valence-corrected chi connectivity index (χ0v) is 10.7. The highest BCUT2D eigenvalue weighted by atomic mass is 32.1. The second-order valence-electron chi connectivity index (χ2n) is 4.51. The highest BCUT2D eigenvalue weighted by Crippen LogP contribution is 2.20. The third-order valence-corrected chi connectivity index (χ3v) is 4.23. The molecule has 0 spiro atoms. The molecule has 2 heterocycles. The van der Waals surface area contributed by atoms with Crippen molar-refractivity contribution in [3.05, 3.63) is 16.6 Å². The van der Waals surface area contributed by atoms with Crippen molar-refractivity contribution < 1.29 is 4.79 Å². The Bertz CT molecular complexity index is 350. The molecular weight excluding hydrogens is 220 g/mol. The van der Waals surface area contributed by atoms with Crippen molar-refractivity contribution in [3.8, 4) is 0 Å². The zero-order valence-electron chi connectivity index (χ0n) is 9.85. The number of piperidine rings is 1. The third kappa shape index (κ3) is 2.50. The maximum Gasteiger partial charge on any atom is 0.138 e. The van der Waals surface area contributed by atoms with Crippen LogP contribution in [0.3, 0.4) is 0 Å². The lowest BCUT2D eigenvalue weighted by Gasteiger charge is -2.36. The largest absolute Gasteiger partial charge is 0.299 e. The number of aromatic nitrogens is 1. The van der Waals surface area contributed by atoms with Crippen molar-refractivity contribution in [3.63, 3.8) is 0 Å². The number of carbonyl (C=O) groups is 1. The van der Waals surface area contributed by atoms with Gasteiger partial charge < -0.3 is 0 Å². The van der Waals surface area contributed by atoms with E-state index in [1.54, 1.807) is 11.3 Å². The fraction of sp³-hybridized carbons (Fsp3) is 0.667. The van der Waals surface area contributed by atoms with Crippen molar-refractivity contribution in [1.82, 2.24) is 9.88 Å². The number of Topliss-reactive ketones (excluding diaryl/α,β-unsaturated/α-hetero) is 1. The first kappa shape index (κ1) is 11.7. The molecule has 2 atom stereocenters. The van der Waals surface area contributed by atoms with E-state index in [9.17, 15) is 4.79 Å². The topological polar surface area (TPSA) is 33.2 Å². The monoisotopic (exact) mass is 238 g/mol. The summed E-state index contributed by atoms with van der Waals surface area (Å²) in [5, 5.41) is 2.10. The third-order valence-electron chi connectivity index (χ3n) is 3.59. The number of carbonyl (C=O) groups excluding carboxylic acids is 1. The smallest absolute Gasteiger partial charge is 0.138 e. The molecule has 0 aliphatic carbocycles. The molecule has 0 saturated carbocycles. The molecule has 1 saturated heterocycles. The molecule has 0 radical (unpaired) electrons. The SMILES string of the molecule is CC1C(=O)CCN(CCc2cscn2)C1C. The molecule has 1 aliphatic rings. The Morgan fingerprint density at radius 2 is 2.38 bits per heavy atom. The lowest BCUT2D eigenvalue weighted by molar-refractivity contribution is -0.127. The van der Waals surface area contributed by atoms with Gasteiger partial charge in [-0.25, -0.2) is 4.98 Å². The molecule has 1 aromatic heterocycles. The Morgan fingerprint density at radius 1 is 1.56 bits per heavy atom. The van der Waals surface area contributed by atoms with Crippen LogP contribution >= 0.6 is 11.3 Å². The molecule has 2 rings (SSSR count). The van der Waals surface area contributed by atoms with Gasteiger partial charge in [-0.3, -0.25) is 9.69 Å². The molecule has 2 unspecified atom stereocenters. The molecule has 0 N–H and O–H groups in total. The van der Waals surface area contributed by atoms with Crippen LogP contribution in [0, 0.1) is 5.92 Å². The number of hydrogen-bond donors (Lipinski definition) is 0. The second kappa shape index (κ2) is 5.06. The standard InChI is InChI=1S/C12H18N2OS/c1-9-10(2)14(6-4-12(9)15)5-3-11-7-16-8-13-11/h7-10H,3-6H2,1-2H3. The molecule has 0 aromatic carbocycles. The van der Waals surface area contributed by atoms with Crippen molar-refractivity contribution in [2.24, 2.45) is 5.92 Å². The average molecular weight is 238 g/mol. The van der Waals surface area contributed by atoms with Gasteiger partial charge in [0.05, 0.1) is 11.2 Å².